The Hall–Kier alpha value is -4.54. The Balaban J connectivity index is 1.39. The minimum atomic E-state index is -3.94. The monoisotopic (exact) mass is 803 g/mol. The highest BCUT2D eigenvalue weighted by molar-refractivity contribution is 7.91. The summed E-state index contributed by atoms with van der Waals surface area (Å²) >= 11 is 0. The molecule has 1 aromatic rings. The molecule has 1 saturated heterocycles. The van der Waals surface area contributed by atoms with Gasteiger partial charge in [-0.15, -0.1) is 0 Å². The molecule has 2 aliphatic carbocycles. The molecule has 0 spiro atoms. The Morgan fingerprint density at radius 2 is 1.75 bits per heavy atom. The number of hydrogen-bond donors (Lipinski definition) is 3. The van der Waals surface area contributed by atoms with Gasteiger partial charge in [0.15, 0.2) is 5.78 Å². The van der Waals surface area contributed by atoms with Crippen molar-refractivity contribution in [3.8, 4) is 0 Å². The smallest absolute Gasteiger partial charge is 0.410 e. The van der Waals surface area contributed by atoms with E-state index in [2.05, 4.69) is 15.4 Å². The third-order valence-corrected chi connectivity index (χ3v) is 12.1. The van der Waals surface area contributed by atoms with Crippen LogP contribution in [0.3, 0.4) is 0 Å². The molecule has 0 aromatic heterocycles. The summed E-state index contributed by atoms with van der Waals surface area (Å²) in [5, 5.41) is 4.61. The van der Waals surface area contributed by atoms with Crippen molar-refractivity contribution in [2.45, 2.75) is 141 Å². The maximum Gasteiger partial charge on any atom is 0.410 e. The molecule has 0 radical (unpaired) electrons. The van der Waals surface area contributed by atoms with Gasteiger partial charge in [0.2, 0.25) is 21.8 Å². The summed E-state index contributed by atoms with van der Waals surface area (Å²) < 4.78 is 53.2. The fourth-order valence-electron chi connectivity index (χ4n) is 7.02. The van der Waals surface area contributed by atoms with E-state index in [-0.39, 0.29) is 62.4 Å². The molecule has 0 unspecified atom stereocenters. The van der Waals surface area contributed by atoms with Gasteiger partial charge in [-0.05, 0) is 75.5 Å². The fourth-order valence-corrected chi connectivity index (χ4v) is 8.38. The minimum absolute atomic E-state index is 0.0422. The Kier molecular flexibility index (Phi) is 12.3. The molecule has 15 nitrogen and oxygen atoms in total. The van der Waals surface area contributed by atoms with Gasteiger partial charge < -0.3 is 25.0 Å². The Morgan fingerprint density at radius 3 is 2.34 bits per heavy atom. The molecule has 5 rings (SSSR count). The van der Waals surface area contributed by atoms with Crippen LogP contribution in [0, 0.1) is 17.2 Å². The van der Waals surface area contributed by atoms with Gasteiger partial charge in [-0.2, -0.15) is 0 Å². The number of nitrogens with one attached hydrogen (secondary N) is 3. The molecule has 3 fully saturated rings. The number of carbonyl (C=O) groups is 6. The molecule has 308 valence electrons. The number of rotatable bonds is 13. The van der Waals surface area contributed by atoms with Gasteiger partial charge >= 0.3 is 12.2 Å². The maximum absolute atomic E-state index is 14.5. The second-order valence-electron chi connectivity index (χ2n) is 17.3. The molecule has 5 atom stereocenters. The summed E-state index contributed by atoms with van der Waals surface area (Å²) in [5.41, 5.74) is -1.80. The molecule has 2 heterocycles. The summed E-state index contributed by atoms with van der Waals surface area (Å²) in [6.45, 7) is 12.2. The first-order valence-corrected chi connectivity index (χ1v) is 20.7. The van der Waals surface area contributed by atoms with E-state index < -0.39 is 80.3 Å². The first kappa shape index (κ1) is 42.6. The van der Waals surface area contributed by atoms with E-state index in [1.165, 1.54) is 17.0 Å². The molecule has 2 saturated carbocycles. The van der Waals surface area contributed by atoms with Gasteiger partial charge in [0.05, 0.1) is 18.3 Å². The van der Waals surface area contributed by atoms with Crippen LogP contribution in [-0.2, 0) is 51.8 Å². The zero-order valence-corrected chi connectivity index (χ0v) is 33.9. The van der Waals surface area contributed by atoms with Gasteiger partial charge in [-0.25, -0.2) is 22.4 Å². The van der Waals surface area contributed by atoms with Gasteiger partial charge in [0.1, 0.15) is 35.1 Å². The van der Waals surface area contributed by atoms with Gasteiger partial charge in [-0.1, -0.05) is 52.3 Å². The van der Waals surface area contributed by atoms with Crippen molar-refractivity contribution >= 4 is 45.7 Å². The SMILES string of the molecule is CC[C@@H]1C[C@]1(NC(=O)[C@@H]1C[C@@H](OC(=O)N2Cc3cccc(F)c3C2)CN1C(=O)[C@H](CCC(=O)/C=C/C(C)(C)C)NC(=O)OC(C)(C)C)C(=O)NS(=O)(=O)C1CC1. The van der Waals surface area contributed by atoms with Crippen LogP contribution in [0.15, 0.2) is 30.4 Å². The van der Waals surface area contributed by atoms with E-state index in [1.54, 1.807) is 45.9 Å². The number of benzene rings is 1. The van der Waals surface area contributed by atoms with Gasteiger partial charge in [-0.3, -0.25) is 28.8 Å². The van der Waals surface area contributed by atoms with Gasteiger partial charge in [0, 0.05) is 24.9 Å². The number of likely N-dealkylation sites (tertiary alicyclic amines) is 1. The third-order valence-electron chi connectivity index (χ3n) is 10.3. The number of allylic oxidation sites excluding steroid dienone is 2. The van der Waals surface area contributed by atoms with E-state index in [1.807, 2.05) is 20.8 Å². The molecule has 0 bridgehead atoms. The second kappa shape index (κ2) is 16.1. The van der Waals surface area contributed by atoms with Crippen molar-refractivity contribution in [3.05, 3.63) is 47.3 Å². The number of nitrogens with zero attached hydrogens (tertiary/aromatic N) is 2. The Morgan fingerprint density at radius 1 is 1.05 bits per heavy atom. The minimum Gasteiger partial charge on any atom is -0.444 e. The maximum atomic E-state index is 14.5. The van der Waals surface area contributed by atoms with E-state index >= 15 is 0 Å². The molecule has 2 aliphatic heterocycles. The summed E-state index contributed by atoms with van der Waals surface area (Å²) in [6, 6.07) is 1.84. The van der Waals surface area contributed by atoms with Crippen molar-refractivity contribution in [1.82, 2.24) is 25.2 Å². The van der Waals surface area contributed by atoms with Crippen LogP contribution in [0.4, 0.5) is 14.0 Å². The third kappa shape index (κ3) is 10.4. The van der Waals surface area contributed by atoms with Crippen molar-refractivity contribution in [3.63, 3.8) is 0 Å². The van der Waals surface area contributed by atoms with Gasteiger partial charge in [0.25, 0.3) is 5.91 Å². The lowest BCUT2D eigenvalue weighted by Crippen LogP contribution is -2.58. The van der Waals surface area contributed by atoms with E-state index in [0.29, 0.717) is 30.4 Å². The molecular weight excluding hydrogens is 750 g/mol. The zero-order chi connectivity index (χ0) is 41.4. The molecule has 1 aromatic carbocycles. The first-order valence-electron chi connectivity index (χ1n) is 19.1. The predicted molar refractivity (Wildman–Crippen MR) is 201 cm³/mol. The second-order valence-corrected chi connectivity index (χ2v) is 19.3. The first-order chi connectivity index (χ1) is 26.0. The van der Waals surface area contributed by atoms with Crippen LogP contribution in [0.25, 0.3) is 0 Å². The number of halogens is 1. The number of hydrogen-bond acceptors (Lipinski definition) is 10. The number of fused-ring (bicyclic) bond motifs is 1. The van der Waals surface area contributed by atoms with Crippen molar-refractivity contribution in [2.24, 2.45) is 11.3 Å². The van der Waals surface area contributed by atoms with Crippen LogP contribution >= 0.6 is 0 Å². The highest BCUT2D eigenvalue weighted by Gasteiger charge is 2.62. The number of alkyl carbamates (subject to hydrolysis) is 1. The molecule has 5 amide bonds. The van der Waals surface area contributed by atoms with Crippen molar-refractivity contribution in [2.75, 3.05) is 6.54 Å². The van der Waals surface area contributed by atoms with Crippen LogP contribution < -0.4 is 15.4 Å². The van der Waals surface area contributed by atoms with Crippen LogP contribution in [0.5, 0.6) is 0 Å². The van der Waals surface area contributed by atoms with E-state index in [0.717, 1.165) is 4.90 Å². The highest BCUT2D eigenvalue weighted by atomic mass is 32.2. The topological polar surface area (TPSA) is 198 Å². The lowest BCUT2D eigenvalue weighted by molar-refractivity contribution is -0.141. The average Bonchev–Trinajstić information content (AvgIpc) is 3.98. The highest BCUT2D eigenvalue weighted by Crippen LogP contribution is 2.47. The summed E-state index contributed by atoms with van der Waals surface area (Å²) in [5.74, 6) is -3.57. The average molecular weight is 804 g/mol. The fraction of sp³-hybridized carbons (Fsp3) is 0.641. The lowest BCUT2D eigenvalue weighted by atomic mass is 9.95. The predicted octanol–water partition coefficient (Wildman–Crippen LogP) is 3.99. The number of amides is 5. The molecule has 17 heteroatoms. The number of sulfonamides is 1. The van der Waals surface area contributed by atoms with Crippen LogP contribution in [-0.4, -0.2) is 95.0 Å². The summed E-state index contributed by atoms with van der Waals surface area (Å²) in [6.07, 6.45) is 1.30. The summed E-state index contributed by atoms with van der Waals surface area (Å²) in [7, 11) is -3.94. The molecule has 3 N–H and O–H groups in total. The number of ketones is 1. The van der Waals surface area contributed by atoms with Crippen LogP contribution in [0.2, 0.25) is 0 Å². The number of carbonyl (C=O) groups excluding carboxylic acids is 6. The largest absolute Gasteiger partial charge is 0.444 e. The molecule has 4 aliphatic rings. The zero-order valence-electron chi connectivity index (χ0n) is 33.1. The number of ether oxygens (including phenoxy) is 2. The van der Waals surface area contributed by atoms with Crippen LogP contribution in [0.1, 0.15) is 105 Å². The normalized spacial score (nSPS) is 24.0. The Labute approximate surface area is 327 Å². The molecular formula is C39H54FN5O10S. The lowest BCUT2D eigenvalue weighted by Gasteiger charge is -2.30. The van der Waals surface area contributed by atoms with E-state index in [4.69, 9.17) is 9.47 Å². The standard InChI is InChI=1S/C39H54FN5O10S/c1-8-24-19-39(24,34(49)43-56(52,53)27-13-14-27)42-32(47)31-18-26(54-36(51)44-20-23-10-9-11-29(40)28(23)22-44)21-45(31)33(48)30(41-35(50)55-38(5,6)7)15-12-25(46)16-17-37(2,3)4/h9-11,16-17,24,26-27,30-31H,8,12-15,18-22H2,1-7H3,(H,41,50)(H,42,47)(H,43,49)/b17-16+/t24-,26-,30+,31+,39-/m1/s1. The molecule has 56 heavy (non-hydrogen) atoms. The quantitative estimate of drug-likeness (QED) is 0.245. The Bertz CT molecular complexity index is 1890. The van der Waals surface area contributed by atoms with Crippen molar-refractivity contribution < 1.29 is 51.0 Å². The summed E-state index contributed by atoms with van der Waals surface area (Å²) in [4.78, 5) is 83.9. The van der Waals surface area contributed by atoms with E-state index in [9.17, 15) is 41.6 Å². The van der Waals surface area contributed by atoms with Crippen molar-refractivity contribution in [1.29, 1.82) is 0 Å².